The number of rotatable bonds is 5. The highest BCUT2D eigenvalue weighted by molar-refractivity contribution is 5.49. The zero-order chi connectivity index (χ0) is 13.0. The average molecular weight is 241 g/mol. The summed E-state index contributed by atoms with van der Waals surface area (Å²) >= 11 is 0. The quantitative estimate of drug-likeness (QED) is 0.708. The normalized spacial score (nSPS) is 10.6. The fourth-order valence-electron chi connectivity index (χ4n) is 2.11. The summed E-state index contributed by atoms with van der Waals surface area (Å²) in [6.07, 6.45) is 8.62. The summed E-state index contributed by atoms with van der Waals surface area (Å²) in [6, 6.07) is 8.46. The molecule has 2 heteroatoms. The molecule has 2 rings (SSSR count). The summed E-state index contributed by atoms with van der Waals surface area (Å²) in [5, 5.41) is 0. The van der Waals surface area contributed by atoms with Gasteiger partial charge in [0.25, 0.3) is 5.82 Å². The number of aromatic nitrogens is 2. The van der Waals surface area contributed by atoms with Crippen LogP contribution in [0, 0.1) is 6.92 Å². The molecule has 18 heavy (non-hydrogen) atoms. The Morgan fingerprint density at radius 2 is 2.00 bits per heavy atom. The molecule has 94 valence electrons. The van der Waals surface area contributed by atoms with E-state index in [9.17, 15) is 0 Å². The van der Waals surface area contributed by atoms with Crippen LogP contribution in [0.2, 0.25) is 0 Å². The molecule has 2 aromatic rings. The molecule has 0 amide bonds. The molecule has 0 bridgehead atoms. The summed E-state index contributed by atoms with van der Waals surface area (Å²) in [4.78, 5) is 0. The van der Waals surface area contributed by atoms with Gasteiger partial charge in [0.2, 0.25) is 0 Å². The van der Waals surface area contributed by atoms with E-state index in [1.54, 1.807) is 0 Å². The lowest BCUT2D eigenvalue weighted by atomic mass is 10.2. The molecule has 1 aromatic heterocycles. The summed E-state index contributed by atoms with van der Waals surface area (Å²) < 4.78 is 4.54. The molecule has 0 spiro atoms. The monoisotopic (exact) mass is 241 g/mol. The predicted molar refractivity (Wildman–Crippen MR) is 75.7 cm³/mol. The van der Waals surface area contributed by atoms with E-state index in [1.807, 2.05) is 6.08 Å². The Morgan fingerprint density at radius 1 is 1.28 bits per heavy atom. The third-order valence-corrected chi connectivity index (χ3v) is 3.32. The molecule has 0 aliphatic rings. The van der Waals surface area contributed by atoms with Gasteiger partial charge in [-0.05, 0) is 24.1 Å². The van der Waals surface area contributed by atoms with E-state index in [2.05, 4.69) is 66.2 Å². The van der Waals surface area contributed by atoms with Crippen molar-refractivity contribution >= 4 is 6.08 Å². The van der Waals surface area contributed by atoms with Crippen LogP contribution in [0.3, 0.4) is 0 Å². The van der Waals surface area contributed by atoms with Gasteiger partial charge in [0, 0.05) is 6.92 Å². The second kappa shape index (κ2) is 5.67. The third kappa shape index (κ3) is 2.53. The second-order valence-electron chi connectivity index (χ2n) is 4.56. The van der Waals surface area contributed by atoms with E-state index in [1.165, 1.54) is 24.4 Å². The first-order valence-corrected chi connectivity index (χ1v) is 6.56. The first-order valence-electron chi connectivity index (χ1n) is 6.56. The van der Waals surface area contributed by atoms with Crippen molar-refractivity contribution < 1.29 is 4.57 Å². The Bertz CT molecular complexity index is 521. The van der Waals surface area contributed by atoms with Crippen molar-refractivity contribution in [2.24, 2.45) is 0 Å². The zero-order valence-corrected chi connectivity index (χ0v) is 11.3. The van der Waals surface area contributed by atoms with E-state index in [0.717, 1.165) is 12.1 Å². The van der Waals surface area contributed by atoms with E-state index >= 15 is 0 Å². The molecule has 1 aromatic carbocycles. The maximum absolute atomic E-state index is 3.78. The summed E-state index contributed by atoms with van der Waals surface area (Å²) in [6.45, 7) is 9.26. The maximum atomic E-state index is 3.78. The minimum atomic E-state index is 1.10. The van der Waals surface area contributed by atoms with Crippen LogP contribution >= 0.6 is 0 Å². The van der Waals surface area contributed by atoms with Crippen LogP contribution < -0.4 is 4.57 Å². The van der Waals surface area contributed by atoms with Crippen molar-refractivity contribution in [1.29, 1.82) is 0 Å². The maximum Gasteiger partial charge on any atom is 0.258 e. The van der Waals surface area contributed by atoms with Gasteiger partial charge in [-0.15, -0.1) is 0 Å². The molecule has 0 saturated carbocycles. The van der Waals surface area contributed by atoms with Gasteiger partial charge >= 0.3 is 0 Å². The van der Waals surface area contributed by atoms with E-state index < -0.39 is 0 Å². The lowest BCUT2D eigenvalue weighted by Crippen LogP contribution is -2.35. The molecule has 0 aliphatic carbocycles. The number of nitrogens with zero attached hydrogens (tertiary/aromatic N) is 2. The van der Waals surface area contributed by atoms with Crippen LogP contribution in [0.1, 0.15) is 31.2 Å². The highest BCUT2D eigenvalue weighted by Gasteiger charge is 2.13. The minimum Gasteiger partial charge on any atom is -0.234 e. The molecule has 2 nitrogen and oxygen atoms in total. The Morgan fingerprint density at radius 3 is 2.61 bits per heavy atom. The Labute approximate surface area is 109 Å². The van der Waals surface area contributed by atoms with Gasteiger partial charge in [0.15, 0.2) is 0 Å². The van der Waals surface area contributed by atoms with Gasteiger partial charge in [-0.3, -0.25) is 0 Å². The molecule has 0 atom stereocenters. The molecule has 0 unspecified atom stereocenters. The van der Waals surface area contributed by atoms with E-state index in [0.29, 0.717) is 0 Å². The summed E-state index contributed by atoms with van der Waals surface area (Å²) in [5.74, 6) is 1.27. The van der Waals surface area contributed by atoms with Crippen molar-refractivity contribution in [2.75, 3.05) is 0 Å². The lowest BCUT2D eigenvalue weighted by Gasteiger charge is -2.01. The number of hydrogen-bond donors (Lipinski definition) is 0. The van der Waals surface area contributed by atoms with Gasteiger partial charge in [-0.1, -0.05) is 38.1 Å². The van der Waals surface area contributed by atoms with Gasteiger partial charge < -0.3 is 0 Å². The number of aryl methyl sites for hydroxylation is 1. The second-order valence-corrected chi connectivity index (χ2v) is 4.56. The molecule has 0 fully saturated rings. The molecular weight excluding hydrogens is 220 g/mol. The van der Waals surface area contributed by atoms with Crippen molar-refractivity contribution in [3.05, 3.63) is 54.6 Å². The van der Waals surface area contributed by atoms with Crippen LogP contribution in [0.4, 0.5) is 0 Å². The molecule has 0 N–H and O–H groups in total. The standard InChI is InChI=1S/C16H21N2/c1-4-6-11-17-12-13-18(14(17)3)16-9-7-15(5-2)8-10-16/h5,7-10,12-13H,2,4,6,11H2,1,3H3/q+1. The number of imidazole rings is 1. The summed E-state index contributed by atoms with van der Waals surface area (Å²) in [5.41, 5.74) is 2.36. The largest absolute Gasteiger partial charge is 0.258 e. The van der Waals surface area contributed by atoms with Crippen LogP contribution in [-0.2, 0) is 6.54 Å². The topological polar surface area (TPSA) is 8.81 Å². The van der Waals surface area contributed by atoms with Crippen LogP contribution in [0.15, 0.2) is 43.2 Å². The fourth-order valence-corrected chi connectivity index (χ4v) is 2.11. The van der Waals surface area contributed by atoms with Crippen molar-refractivity contribution in [3.63, 3.8) is 0 Å². The highest BCUT2D eigenvalue weighted by Crippen LogP contribution is 2.11. The molecule has 0 saturated heterocycles. The van der Waals surface area contributed by atoms with E-state index in [-0.39, 0.29) is 0 Å². The van der Waals surface area contributed by atoms with E-state index in [4.69, 9.17) is 0 Å². The molecular formula is C16H21N2+. The number of benzene rings is 1. The van der Waals surface area contributed by atoms with Crippen LogP contribution in [0.25, 0.3) is 11.8 Å². The van der Waals surface area contributed by atoms with Gasteiger partial charge in [0.1, 0.15) is 18.1 Å². The van der Waals surface area contributed by atoms with Gasteiger partial charge in [0.05, 0.1) is 6.54 Å². The number of unbranched alkanes of at least 4 members (excludes halogenated alkanes) is 1. The number of hydrogen-bond acceptors (Lipinski definition) is 0. The first-order chi connectivity index (χ1) is 8.76. The smallest absolute Gasteiger partial charge is 0.234 e. The lowest BCUT2D eigenvalue weighted by molar-refractivity contribution is -0.702. The Kier molecular flexibility index (Phi) is 3.98. The first kappa shape index (κ1) is 12.6. The highest BCUT2D eigenvalue weighted by atomic mass is 15.1. The van der Waals surface area contributed by atoms with Crippen molar-refractivity contribution in [3.8, 4) is 5.69 Å². The van der Waals surface area contributed by atoms with Crippen molar-refractivity contribution in [2.45, 2.75) is 33.2 Å². The average Bonchev–Trinajstić information content (AvgIpc) is 2.78. The van der Waals surface area contributed by atoms with Crippen LogP contribution in [-0.4, -0.2) is 4.57 Å². The Hall–Kier alpha value is -1.83. The molecule has 0 radical (unpaired) electrons. The third-order valence-electron chi connectivity index (χ3n) is 3.32. The predicted octanol–water partition coefficient (Wildman–Crippen LogP) is 3.52. The fraction of sp³-hybridized carbons (Fsp3) is 0.312. The minimum absolute atomic E-state index is 1.10. The van der Waals surface area contributed by atoms with Crippen molar-refractivity contribution in [1.82, 2.24) is 4.57 Å². The van der Waals surface area contributed by atoms with Gasteiger partial charge in [-0.25, -0.2) is 9.13 Å². The Balaban J connectivity index is 2.27. The van der Waals surface area contributed by atoms with Crippen LogP contribution in [0.5, 0.6) is 0 Å². The molecule has 0 aliphatic heterocycles. The summed E-state index contributed by atoms with van der Waals surface area (Å²) in [7, 11) is 0. The molecule has 1 heterocycles. The SMILES string of the molecule is C=Cc1ccc(-n2cc[n+](CCCC)c2C)cc1. The van der Waals surface area contributed by atoms with Gasteiger partial charge in [-0.2, -0.15) is 0 Å². The zero-order valence-electron chi connectivity index (χ0n) is 11.3.